The van der Waals surface area contributed by atoms with Crippen molar-refractivity contribution in [1.29, 1.82) is 0 Å². The van der Waals surface area contributed by atoms with E-state index in [-0.39, 0.29) is 17.6 Å². The third kappa shape index (κ3) is 5.37. The molecule has 1 N–H and O–H groups in total. The molecule has 0 aromatic heterocycles. The first-order valence-electron chi connectivity index (χ1n) is 11.8. The average molecular weight is 453 g/mol. The summed E-state index contributed by atoms with van der Waals surface area (Å²) in [6.07, 6.45) is 2.42. The Kier molecular flexibility index (Phi) is 6.46. The maximum absolute atomic E-state index is 14.2. The van der Waals surface area contributed by atoms with E-state index in [9.17, 15) is 14.0 Å². The molecule has 1 aliphatic carbocycles. The van der Waals surface area contributed by atoms with Crippen molar-refractivity contribution in [2.75, 3.05) is 13.1 Å². The van der Waals surface area contributed by atoms with Crippen molar-refractivity contribution in [3.8, 4) is 5.75 Å². The van der Waals surface area contributed by atoms with E-state index in [1.165, 1.54) is 25.0 Å². The number of halogens is 1. The first-order chi connectivity index (χ1) is 15.6. The summed E-state index contributed by atoms with van der Waals surface area (Å²) in [6, 6.07) is 11.8. The van der Waals surface area contributed by atoms with Crippen LogP contribution in [0.1, 0.15) is 63.3 Å². The number of hydrogen-bond donors (Lipinski definition) is 1. The molecule has 1 saturated carbocycles. The van der Waals surface area contributed by atoms with Crippen LogP contribution in [0, 0.1) is 17.2 Å². The highest BCUT2D eigenvalue weighted by Crippen LogP contribution is 2.39. The number of fused-ring (bicyclic) bond motifs is 1. The van der Waals surface area contributed by atoms with E-state index in [0.717, 1.165) is 16.7 Å². The number of nitrogens with zero attached hydrogens (tertiary/aromatic N) is 1. The van der Waals surface area contributed by atoms with Gasteiger partial charge in [-0.15, -0.1) is 0 Å². The molecule has 0 unspecified atom stereocenters. The molecule has 176 valence electrons. The zero-order valence-corrected chi connectivity index (χ0v) is 19.9. The molecule has 33 heavy (non-hydrogen) atoms. The van der Waals surface area contributed by atoms with Crippen LogP contribution >= 0.6 is 0 Å². The number of nitrogens with one attached hydrogen (secondary N) is 1. The lowest BCUT2D eigenvalue weighted by molar-refractivity contribution is -0.141. The van der Waals surface area contributed by atoms with Gasteiger partial charge in [-0.2, -0.15) is 0 Å². The number of carbonyl (C=O) groups is 2. The molecule has 2 aliphatic rings. The smallest absolute Gasteiger partial charge is 0.260 e. The van der Waals surface area contributed by atoms with Crippen molar-refractivity contribution >= 4 is 11.8 Å². The Morgan fingerprint density at radius 2 is 1.94 bits per heavy atom. The Morgan fingerprint density at radius 3 is 2.61 bits per heavy atom. The largest absolute Gasteiger partial charge is 0.481 e. The molecule has 5 nitrogen and oxygen atoms in total. The molecule has 2 amide bonds. The summed E-state index contributed by atoms with van der Waals surface area (Å²) in [5, 5.41) is 2.95. The molecule has 0 bridgehead atoms. The SMILES string of the molecule is C[C@@H](Oc1ccc2c(c1)[C@@H](c1cccc(F)c1)N(C(=O)C(C)(C)C)CC2)C(=O)NCC1CC1. The van der Waals surface area contributed by atoms with Crippen LogP contribution in [0.25, 0.3) is 0 Å². The molecular formula is C27H33FN2O3. The highest BCUT2D eigenvalue weighted by Gasteiger charge is 2.37. The maximum atomic E-state index is 14.2. The van der Waals surface area contributed by atoms with Crippen LogP contribution in [0.3, 0.4) is 0 Å². The molecule has 4 rings (SSSR count). The molecule has 0 saturated heterocycles. The summed E-state index contributed by atoms with van der Waals surface area (Å²) in [5.41, 5.74) is 2.17. The molecule has 0 radical (unpaired) electrons. The standard InChI is InChI=1S/C27H33FN2O3/c1-17(25(31)29-16-18-8-9-18)33-22-11-10-19-12-13-30(26(32)27(2,3)4)24(23(19)15-22)20-6-5-7-21(28)14-20/h5-7,10-11,14-15,17-18,24H,8-9,12-13,16H2,1-4H3,(H,29,31)/t17-,24-/m1/s1. The fourth-order valence-corrected chi connectivity index (χ4v) is 4.32. The van der Waals surface area contributed by atoms with Crippen molar-refractivity contribution in [2.24, 2.45) is 11.3 Å². The lowest BCUT2D eigenvalue weighted by Gasteiger charge is -2.41. The Hall–Kier alpha value is -2.89. The third-order valence-electron chi connectivity index (χ3n) is 6.36. The van der Waals surface area contributed by atoms with Gasteiger partial charge in [-0.1, -0.05) is 39.0 Å². The maximum Gasteiger partial charge on any atom is 0.260 e. The molecule has 1 heterocycles. The molecule has 2 atom stereocenters. The van der Waals surface area contributed by atoms with E-state index < -0.39 is 17.6 Å². The molecule has 0 spiro atoms. The van der Waals surface area contributed by atoms with Crippen molar-refractivity contribution in [3.05, 3.63) is 65.0 Å². The molecular weight excluding hydrogens is 419 g/mol. The monoisotopic (exact) mass is 452 g/mol. The quantitative estimate of drug-likeness (QED) is 0.695. The van der Waals surface area contributed by atoms with Gasteiger partial charge in [0.25, 0.3) is 5.91 Å². The topological polar surface area (TPSA) is 58.6 Å². The second-order valence-corrected chi connectivity index (χ2v) is 10.3. The van der Waals surface area contributed by atoms with E-state index in [0.29, 0.717) is 31.2 Å². The highest BCUT2D eigenvalue weighted by molar-refractivity contribution is 5.83. The summed E-state index contributed by atoms with van der Waals surface area (Å²) < 4.78 is 20.1. The van der Waals surface area contributed by atoms with Gasteiger partial charge in [0.15, 0.2) is 6.10 Å². The lowest BCUT2D eigenvalue weighted by atomic mass is 9.85. The minimum atomic E-state index is -0.634. The first-order valence-corrected chi connectivity index (χ1v) is 11.8. The van der Waals surface area contributed by atoms with E-state index in [4.69, 9.17) is 4.74 Å². The zero-order valence-electron chi connectivity index (χ0n) is 19.9. The van der Waals surface area contributed by atoms with Crippen LogP contribution in [0.2, 0.25) is 0 Å². The number of rotatable bonds is 6. The van der Waals surface area contributed by atoms with Gasteiger partial charge >= 0.3 is 0 Å². The predicted molar refractivity (Wildman–Crippen MR) is 125 cm³/mol. The van der Waals surface area contributed by atoms with Gasteiger partial charge in [0.2, 0.25) is 5.91 Å². The number of ether oxygens (including phenoxy) is 1. The summed E-state index contributed by atoms with van der Waals surface area (Å²) in [7, 11) is 0. The van der Waals surface area contributed by atoms with Gasteiger partial charge in [0.1, 0.15) is 11.6 Å². The van der Waals surface area contributed by atoms with Crippen LogP contribution < -0.4 is 10.1 Å². The van der Waals surface area contributed by atoms with E-state index >= 15 is 0 Å². The summed E-state index contributed by atoms with van der Waals surface area (Å²) in [4.78, 5) is 27.6. The first kappa shape index (κ1) is 23.3. The number of hydrogen-bond acceptors (Lipinski definition) is 3. The Morgan fingerprint density at radius 1 is 1.18 bits per heavy atom. The predicted octanol–water partition coefficient (Wildman–Crippen LogP) is 4.64. The van der Waals surface area contributed by atoms with E-state index in [2.05, 4.69) is 5.32 Å². The summed E-state index contributed by atoms with van der Waals surface area (Å²) >= 11 is 0. The van der Waals surface area contributed by atoms with E-state index in [1.54, 1.807) is 13.0 Å². The van der Waals surface area contributed by atoms with Gasteiger partial charge in [0.05, 0.1) is 6.04 Å². The molecule has 2 aromatic carbocycles. The Labute approximate surface area is 195 Å². The molecule has 2 aromatic rings. The molecule has 1 fully saturated rings. The summed E-state index contributed by atoms with van der Waals surface area (Å²) in [6.45, 7) is 8.69. The minimum Gasteiger partial charge on any atom is -0.481 e. The number of amides is 2. The average Bonchev–Trinajstić information content (AvgIpc) is 3.60. The number of benzene rings is 2. The molecule has 6 heteroatoms. The van der Waals surface area contributed by atoms with Gasteiger partial charge in [-0.25, -0.2) is 4.39 Å². The van der Waals surface area contributed by atoms with Crippen molar-refractivity contribution < 1.29 is 18.7 Å². The highest BCUT2D eigenvalue weighted by atomic mass is 19.1. The van der Waals surface area contributed by atoms with Gasteiger partial charge in [-0.3, -0.25) is 9.59 Å². The fourth-order valence-electron chi connectivity index (χ4n) is 4.32. The van der Waals surface area contributed by atoms with Crippen molar-refractivity contribution in [3.63, 3.8) is 0 Å². The van der Waals surface area contributed by atoms with Gasteiger partial charge in [0, 0.05) is 18.5 Å². The fraction of sp³-hybridized carbons (Fsp3) is 0.481. The van der Waals surface area contributed by atoms with Crippen LogP contribution in [0.4, 0.5) is 4.39 Å². The lowest BCUT2D eigenvalue weighted by Crippen LogP contribution is -2.45. The van der Waals surface area contributed by atoms with Gasteiger partial charge in [-0.05, 0) is 73.1 Å². The number of carbonyl (C=O) groups excluding carboxylic acids is 2. The third-order valence-corrected chi connectivity index (χ3v) is 6.36. The van der Waals surface area contributed by atoms with Crippen molar-refractivity contribution in [2.45, 2.75) is 59.1 Å². The van der Waals surface area contributed by atoms with Crippen LogP contribution in [0.15, 0.2) is 42.5 Å². The Bertz CT molecular complexity index is 1040. The summed E-state index contributed by atoms with van der Waals surface area (Å²) in [5.74, 6) is 0.709. The Balaban J connectivity index is 1.64. The second-order valence-electron chi connectivity index (χ2n) is 10.3. The second kappa shape index (κ2) is 9.16. The normalized spacial score (nSPS) is 18.9. The van der Waals surface area contributed by atoms with Crippen LogP contribution in [-0.4, -0.2) is 35.9 Å². The van der Waals surface area contributed by atoms with E-state index in [1.807, 2.05) is 49.9 Å². The van der Waals surface area contributed by atoms with Crippen LogP contribution in [-0.2, 0) is 16.0 Å². The zero-order chi connectivity index (χ0) is 23.8. The molecule has 1 aliphatic heterocycles. The van der Waals surface area contributed by atoms with Gasteiger partial charge < -0.3 is 15.0 Å². The van der Waals surface area contributed by atoms with Crippen LogP contribution in [0.5, 0.6) is 5.75 Å². The van der Waals surface area contributed by atoms with Crippen molar-refractivity contribution in [1.82, 2.24) is 10.2 Å². The minimum absolute atomic E-state index is 0.0153.